The molecule has 0 aromatic heterocycles. The van der Waals surface area contributed by atoms with Crippen LogP contribution in [0.15, 0.2) is 12.2 Å². The SMILES string of the molecule is CN(C(=O)[C@H]1C/C=C\CCCCC[C@H](CC(=O)O)C(=O)N2CCC[C@H]2C(=O)N1)S(=O)C1CC1. The van der Waals surface area contributed by atoms with Crippen LogP contribution >= 0.6 is 0 Å². The van der Waals surface area contributed by atoms with Gasteiger partial charge in [0.2, 0.25) is 11.8 Å². The van der Waals surface area contributed by atoms with Gasteiger partial charge in [-0.3, -0.25) is 23.5 Å². The van der Waals surface area contributed by atoms with Crippen molar-refractivity contribution < 1.29 is 28.5 Å². The number of rotatable bonds is 5. The van der Waals surface area contributed by atoms with Gasteiger partial charge in [-0.05, 0) is 51.4 Å². The molecule has 1 saturated heterocycles. The second kappa shape index (κ2) is 11.8. The lowest BCUT2D eigenvalue weighted by Gasteiger charge is -2.29. The van der Waals surface area contributed by atoms with Crippen molar-refractivity contribution in [2.24, 2.45) is 5.92 Å². The van der Waals surface area contributed by atoms with E-state index in [4.69, 9.17) is 0 Å². The summed E-state index contributed by atoms with van der Waals surface area (Å²) in [5.74, 6) is -2.78. The number of carbonyl (C=O) groups is 4. The van der Waals surface area contributed by atoms with Crippen molar-refractivity contribution in [1.29, 1.82) is 0 Å². The fourth-order valence-corrected chi connectivity index (χ4v) is 5.82. The average molecular weight is 482 g/mol. The molecule has 1 saturated carbocycles. The number of likely N-dealkylation sites (N-methyl/N-ethyl adjacent to an activating group) is 1. The molecule has 1 aliphatic carbocycles. The largest absolute Gasteiger partial charge is 0.481 e. The van der Waals surface area contributed by atoms with Gasteiger partial charge in [-0.2, -0.15) is 0 Å². The van der Waals surface area contributed by atoms with E-state index in [0.29, 0.717) is 32.2 Å². The Balaban J connectivity index is 1.79. The molecule has 33 heavy (non-hydrogen) atoms. The van der Waals surface area contributed by atoms with Gasteiger partial charge < -0.3 is 15.3 Å². The lowest BCUT2D eigenvalue weighted by atomic mass is 9.95. The summed E-state index contributed by atoms with van der Waals surface area (Å²) < 4.78 is 13.7. The molecule has 1 unspecified atom stereocenters. The molecule has 2 aliphatic heterocycles. The molecule has 10 heteroatoms. The highest BCUT2D eigenvalue weighted by molar-refractivity contribution is 7.84. The molecule has 3 amide bonds. The summed E-state index contributed by atoms with van der Waals surface area (Å²) in [7, 11) is 0.0910. The van der Waals surface area contributed by atoms with Gasteiger partial charge in [0.15, 0.2) is 0 Å². The third-order valence-electron chi connectivity index (χ3n) is 6.58. The zero-order valence-electron chi connectivity index (χ0n) is 19.2. The van der Waals surface area contributed by atoms with E-state index in [1.54, 1.807) is 0 Å². The molecular formula is C23H35N3O6S. The molecule has 2 fully saturated rings. The maximum absolute atomic E-state index is 13.2. The Kier molecular flexibility index (Phi) is 9.05. The second-order valence-electron chi connectivity index (χ2n) is 9.20. The fourth-order valence-electron chi connectivity index (χ4n) is 4.53. The van der Waals surface area contributed by atoms with E-state index in [1.165, 1.54) is 16.3 Å². The number of carbonyl (C=O) groups excluding carboxylic acids is 3. The predicted octanol–water partition coefficient (Wildman–Crippen LogP) is 1.75. The van der Waals surface area contributed by atoms with E-state index < -0.39 is 46.8 Å². The average Bonchev–Trinajstić information content (AvgIpc) is 3.52. The van der Waals surface area contributed by atoms with Crippen LogP contribution in [0.5, 0.6) is 0 Å². The van der Waals surface area contributed by atoms with Crippen LogP contribution in [0, 0.1) is 5.92 Å². The molecule has 0 spiro atoms. The van der Waals surface area contributed by atoms with Crippen LogP contribution in [-0.2, 0) is 30.2 Å². The van der Waals surface area contributed by atoms with Crippen LogP contribution < -0.4 is 5.32 Å². The van der Waals surface area contributed by atoms with Gasteiger partial charge in [0.1, 0.15) is 23.1 Å². The van der Waals surface area contributed by atoms with Crippen molar-refractivity contribution in [3.8, 4) is 0 Å². The number of fused-ring (bicyclic) bond motifs is 1. The number of allylic oxidation sites excluding steroid dienone is 1. The quantitative estimate of drug-likeness (QED) is 0.577. The van der Waals surface area contributed by atoms with Gasteiger partial charge in [0.05, 0.1) is 11.7 Å². The predicted molar refractivity (Wildman–Crippen MR) is 123 cm³/mol. The van der Waals surface area contributed by atoms with Crippen LogP contribution in [-0.4, -0.2) is 73.1 Å². The normalized spacial score (nSPS) is 29.2. The molecule has 0 radical (unpaired) electrons. The van der Waals surface area contributed by atoms with E-state index in [0.717, 1.165) is 38.5 Å². The maximum Gasteiger partial charge on any atom is 0.304 e. The summed E-state index contributed by atoms with van der Waals surface area (Å²) in [4.78, 5) is 52.3. The van der Waals surface area contributed by atoms with Crippen molar-refractivity contribution in [1.82, 2.24) is 14.5 Å². The van der Waals surface area contributed by atoms with E-state index >= 15 is 0 Å². The summed E-state index contributed by atoms with van der Waals surface area (Å²) in [5, 5.41) is 12.1. The third kappa shape index (κ3) is 6.88. The minimum absolute atomic E-state index is 0.00145. The minimum atomic E-state index is -1.41. The Bertz CT molecular complexity index is 812. The van der Waals surface area contributed by atoms with E-state index in [-0.39, 0.29) is 17.6 Å². The summed E-state index contributed by atoms with van der Waals surface area (Å²) in [6, 6.07) is -1.59. The molecular weight excluding hydrogens is 446 g/mol. The molecule has 2 N–H and O–H groups in total. The molecule has 2 heterocycles. The van der Waals surface area contributed by atoms with Crippen molar-refractivity contribution in [3.63, 3.8) is 0 Å². The summed E-state index contributed by atoms with van der Waals surface area (Å²) in [6.07, 6.45) is 10.5. The van der Waals surface area contributed by atoms with E-state index in [1.807, 2.05) is 12.2 Å². The van der Waals surface area contributed by atoms with Gasteiger partial charge in [-0.1, -0.05) is 25.0 Å². The standard InChI is InChI=1S/C23H35N3O6S/c1-25(33(32)17-12-13-17)23(31)18-10-7-5-3-2-4-6-9-16(15-20(27)28)22(30)26-14-8-11-19(26)21(29)24-18/h5,7,16-19H,2-4,6,8-15H2,1H3,(H,24,29)(H,27,28)/b7-5-/t16-,18-,19+,33?/m1/s1. The van der Waals surface area contributed by atoms with Gasteiger partial charge in [-0.15, -0.1) is 0 Å². The first-order valence-corrected chi connectivity index (χ1v) is 13.1. The monoisotopic (exact) mass is 481 g/mol. The number of nitrogens with one attached hydrogen (secondary N) is 1. The zero-order valence-corrected chi connectivity index (χ0v) is 20.1. The maximum atomic E-state index is 13.2. The van der Waals surface area contributed by atoms with Crippen molar-refractivity contribution >= 4 is 34.7 Å². The number of aliphatic carboxylic acids is 1. The molecule has 0 aromatic rings. The van der Waals surface area contributed by atoms with Crippen LogP contribution in [0.3, 0.4) is 0 Å². The molecule has 3 rings (SSSR count). The first-order chi connectivity index (χ1) is 15.8. The van der Waals surface area contributed by atoms with Gasteiger partial charge in [0.25, 0.3) is 5.91 Å². The molecule has 9 nitrogen and oxygen atoms in total. The Morgan fingerprint density at radius 2 is 1.88 bits per heavy atom. The van der Waals surface area contributed by atoms with Gasteiger partial charge >= 0.3 is 5.97 Å². The number of nitrogens with zero attached hydrogens (tertiary/aromatic N) is 2. The second-order valence-corrected chi connectivity index (χ2v) is 11.0. The van der Waals surface area contributed by atoms with E-state index in [9.17, 15) is 28.5 Å². The number of hydrogen-bond donors (Lipinski definition) is 2. The van der Waals surface area contributed by atoms with Crippen LogP contribution in [0.4, 0.5) is 0 Å². The molecule has 3 aliphatic rings. The topological polar surface area (TPSA) is 124 Å². The lowest BCUT2D eigenvalue weighted by Crippen LogP contribution is -2.54. The summed E-state index contributed by atoms with van der Waals surface area (Å²) >= 11 is 0. The first-order valence-electron chi connectivity index (χ1n) is 12.0. The Morgan fingerprint density at radius 3 is 2.58 bits per heavy atom. The lowest BCUT2D eigenvalue weighted by molar-refractivity contribution is -0.147. The van der Waals surface area contributed by atoms with Crippen LogP contribution in [0.25, 0.3) is 0 Å². The molecule has 184 valence electrons. The molecule has 0 bridgehead atoms. The van der Waals surface area contributed by atoms with Crippen molar-refractivity contribution in [2.45, 2.75) is 88.0 Å². The highest BCUT2D eigenvalue weighted by Gasteiger charge is 2.40. The zero-order chi connectivity index (χ0) is 24.0. The Labute approximate surface area is 197 Å². The Morgan fingerprint density at radius 1 is 1.12 bits per heavy atom. The number of amides is 3. The highest BCUT2D eigenvalue weighted by atomic mass is 32.2. The van der Waals surface area contributed by atoms with Crippen molar-refractivity contribution in [3.05, 3.63) is 12.2 Å². The number of carboxylic acid groups (broad SMARTS) is 1. The number of carboxylic acids is 1. The van der Waals surface area contributed by atoms with E-state index in [2.05, 4.69) is 5.32 Å². The third-order valence-corrected chi connectivity index (χ3v) is 8.34. The molecule has 0 aromatic carbocycles. The Hall–Kier alpha value is -2.23. The smallest absolute Gasteiger partial charge is 0.304 e. The molecule has 4 atom stereocenters. The van der Waals surface area contributed by atoms with Crippen LogP contribution in [0.2, 0.25) is 0 Å². The highest BCUT2D eigenvalue weighted by Crippen LogP contribution is 2.28. The summed E-state index contributed by atoms with van der Waals surface area (Å²) in [6.45, 7) is 0.400. The first kappa shape index (κ1) is 25.4. The minimum Gasteiger partial charge on any atom is -0.481 e. The summed E-state index contributed by atoms with van der Waals surface area (Å²) in [5.41, 5.74) is 0. The van der Waals surface area contributed by atoms with Crippen molar-refractivity contribution in [2.75, 3.05) is 13.6 Å². The fraction of sp³-hybridized carbons (Fsp3) is 0.739. The van der Waals surface area contributed by atoms with Crippen LogP contribution in [0.1, 0.15) is 70.6 Å². The van der Waals surface area contributed by atoms with Gasteiger partial charge in [0, 0.05) is 19.5 Å². The number of hydrogen-bond acceptors (Lipinski definition) is 5. The van der Waals surface area contributed by atoms with Gasteiger partial charge in [-0.25, -0.2) is 4.21 Å².